The van der Waals surface area contributed by atoms with Crippen LogP contribution in [0.5, 0.6) is 0 Å². The van der Waals surface area contributed by atoms with E-state index in [1.807, 2.05) is 57.6 Å². The summed E-state index contributed by atoms with van der Waals surface area (Å²) in [6.45, 7) is 5.87. The van der Waals surface area contributed by atoms with Crippen molar-refractivity contribution in [3.05, 3.63) is 92.6 Å². The van der Waals surface area contributed by atoms with Crippen LogP contribution in [0.25, 0.3) is 28.3 Å². The Labute approximate surface area is 254 Å². The van der Waals surface area contributed by atoms with Gasteiger partial charge in [0.05, 0.1) is 24.0 Å². The number of nitrogens with zero attached hydrogens (tertiary/aromatic N) is 5. The molecule has 3 heterocycles. The average molecular weight is 599 g/mol. The van der Waals surface area contributed by atoms with Crippen molar-refractivity contribution in [1.82, 2.24) is 29.3 Å². The van der Waals surface area contributed by atoms with Crippen molar-refractivity contribution >= 4 is 5.78 Å². The molecular weight excluding hydrogens is 560 g/mol. The van der Waals surface area contributed by atoms with Gasteiger partial charge in [-0.3, -0.25) is 18.9 Å². The van der Waals surface area contributed by atoms with Crippen LogP contribution in [0.1, 0.15) is 75.7 Å². The van der Waals surface area contributed by atoms with Crippen LogP contribution in [0.4, 0.5) is 0 Å². The normalized spacial score (nSPS) is 17.4. The minimum Gasteiger partial charge on any atom is -0.388 e. The molecule has 0 spiro atoms. The summed E-state index contributed by atoms with van der Waals surface area (Å²) in [5.74, 6) is 0.356. The molecule has 1 fully saturated rings. The smallest absolute Gasteiger partial charge is 0.388 e. The Bertz CT molecular complexity index is 1850. The maximum Gasteiger partial charge on any atom is 0.439 e. The van der Waals surface area contributed by atoms with Gasteiger partial charge in [0.15, 0.2) is 5.82 Å². The lowest BCUT2D eigenvalue weighted by molar-refractivity contribution is -0.0654. The topological polar surface area (TPSA) is 141 Å². The molecule has 44 heavy (non-hydrogen) atoms. The van der Waals surface area contributed by atoms with Crippen LogP contribution >= 0.6 is 0 Å². The number of fused-ring (bicyclic) bond motifs is 1. The molecule has 6 rings (SSSR count). The molecule has 11 nitrogen and oxygen atoms in total. The molecule has 0 aliphatic heterocycles. The highest BCUT2D eigenvalue weighted by Crippen LogP contribution is 2.32. The predicted molar refractivity (Wildman–Crippen MR) is 166 cm³/mol. The molecule has 5 aromatic rings. The second kappa shape index (κ2) is 12.3. The Morgan fingerprint density at radius 1 is 1.05 bits per heavy atom. The number of hydrogen-bond acceptors (Lipinski definition) is 8. The summed E-state index contributed by atoms with van der Waals surface area (Å²) >= 11 is 0. The second-order valence-corrected chi connectivity index (χ2v) is 12.2. The van der Waals surface area contributed by atoms with E-state index in [2.05, 4.69) is 27.1 Å². The van der Waals surface area contributed by atoms with E-state index in [4.69, 9.17) is 9.26 Å². The molecule has 0 atom stereocenters. The van der Waals surface area contributed by atoms with Gasteiger partial charge in [0.2, 0.25) is 5.78 Å². The Kier molecular flexibility index (Phi) is 8.33. The van der Waals surface area contributed by atoms with Crippen molar-refractivity contribution in [3.63, 3.8) is 0 Å². The zero-order chi connectivity index (χ0) is 30.8. The van der Waals surface area contributed by atoms with Gasteiger partial charge in [-0.15, -0.1) is 0 Å². The van der Waals surface area contributed by atoms with Crippen LogP contribution in [0.2, 0.25) is 0 Å². The van der Waals surface area contributed by atoms with Crippen molar-refractivity contribution in [2.45, 2.75) is 83.5 Å². The van der Waals surface area contributed by atoms with Gasteiger partial charge in [0.25, 0.3) is 5.56 Å². The summed E-state index contributed by atoms with van der Waals surface area (Å²) < 4.78 is 14.4. The van der Waals surface area contributed by atoms with Gasteiger partial charge in [-0.25, -0.2) is 9.31 Å². The van der Waals surface area contributed by atoms with Crippen LogP contribution in [-0.4, -0.2) is 52.7 Å². The van der Waals surface area contributed by atoms with Crippen molar-refractivity contribution in [2.75, 3.05) is 6.61 Å². The van der Waals surface area contributed by atoms with E-state index in [0.29, 0.717) is 24.4 Å². The van der Waals surface area contributed by atoms with Gasteiger partial charge in [0.1, 0.15) is 6.33 Å². The number of ether oxygens (including phenoxy) is 1. The highest BCUT2D eigenvalue weighted by atomic mass is 16.5. The highest BCUT2D eigenvalue weighted by Gasteiger charge is 2.29. The summed E-state index contributed by atoms with van der Waals surface area (Å²) in [7, 11) is 0. The molecule has 0 amide bonds. The Balaban J connectivity index is 1.30. The SMILES string of the molecule is CCCc1c(Cc2ccc(-c3ccccc3-c3noc(=O)[nH]3)cc2)c(=O)n(C2CCC(OCC(C)(C)O)CC2)c2ncnn12. The number of rotatable bonds is 10. The van der Waals surface area contributed by atoms with Gasteiger partial charge >= 0.3 is 5.76 Å². The third-order valence-corrected chi connectivity index (χ3v) is 8.26. The van der Waals surface area contributed by atoms with Crippen molar-refractivity contribution in [3.8, 4) is 22.5 Å². The van der Waals surface area contributed by atoms with Crippen molar-refractivity contribution in [1.29, 1.82) is 0 Å². The molecule has 3 aromatic heterocycles. The van der Waals surface area contributed by atoms with Crippen LogP contribution < -0.4 is 11.3 Å². The maximum absolute atomic E-state index is 14.3. The first-order chi connectivity index (χ1) is 21.2. The largest absolute Gasteiger partial charge is 0.439 e. The van der Waals surface area contributed by atoms with Crippen molar-refractivity contribution < 1.29 is 14.4 Å². The lowest BCUT2D eigenvalue weighted by atomic mass is 9.92. The predicted octanol–water partition coefficient (Wildman–Crippen LogP) is 4.72. The molecule has 0 radical (unpaired) electrons. The minimum atomic E-state index is -0.871. The summed E-state index contributed by atoms with van der Waals surface area (Å²) in [5, 5.41) is 18.5. The molecule has 1 aliphatic carbocycles. The fraction of sp³-hybridized carbons (Fsp3) is 0.424. The van der Waals surface area contributed by atoms with E-state index >= 15 is 0 Å². The van der Waals surface area contributed by atoms with Crippen LogP contribution in [-0.2, 0) is 17.6 Å². The van der Waals surface area contributed by atoms with E-state index in [1.165, 1.54) is 6.33 Å². The number of H-pyrrole nitrogens is 1. The molecule has 1 saturated carbocycles. The molecule has 230 valence electrons. The Morgan fingerprint density at radius 3 is 2.43 bits per heavy atom. The number of aliphatic hydroxyl groups is 1. The van der Waals surface area contributed by atoms with Crippen LogP contribution in [0.3, 0.4) is 0 Å². The van der Waals surface area contributed by atoms with Gasteiger partial charge in [-0.1, -0.05) is 67.0 Å². The molecule has 0 unspecified atom stereocenters. The van der Waals surface area contributed by atoms with E-state index in [-0.39, 0.29) is 24.3 Å². The van der Waals surface area contributed by atoms with E-state index in [0.717, 1.165) is 65.6 Å². The maximum atomic E-state index is 14.3. The first-order valence-corrected chi connectivity index (χ1v) is 15.3. The molecular formula is C33H38N6O5. The number of aromatic nitrogens is 6. The van der Waals surface area contributed by atoms with Gasteiger partial charge in [-0.2, -0.15) is 10.1 Å². The third kappa shape index (κ3) is 6.15. The number of nitrogens with one attached hydrogen (secondary N) is 1. The number of aryl methyl sites for hydroxylation is 1. The van der Waals surface area contributed by atoms with E-state index in [9.17, 15) is 14.7 Å². The average Bonchev–Trinajstić information content (AvgIpc) is 3.68. The molecule has 0 saturated heterocycles. The molecule has 1 aliphatic rings. The van der Waals surface area contributed by atoms with Crippen molar-refractivity contribution in [2.24, 2.45) is 0 Å². The van der Waals surface area contributed by atoms with Gasteiger partial charge in [-0.05, 0) is 62.6 Å². The molecule has 2 N–H and O–H groups in total. The quantitative estimate of drug-likeness (QED) is 0.235. The Hall–Kier alpha value is -4.35. The monoisotopic (exact) mass is 598 g/mol. The fourth-order valence-corrected chi connectivity index (χ4v) is 6.16. The van der Waals surface area contributed by atoms with E-state index < -0.39 is 11.4 Å². The highest BCUT2D eigenvalue weighted by molar-refractivity contribution is 5.80. The summed E-state index contributed by atoms with van der Waals surface area (Å²) in [6.07, 6.45) is 6.84. The Morgan fingerprint density at radius 2 is 1.77 bits per heavy atom. The van der Waals surface area contributed by atoms with E-state index in [1.54, 1.807) is 13.8 Å². The summed E-state index contributed by atoms with van der Waals surface area (Å²) in [5.41, 5.74) is 4.37. The summed E-state index contributed by atoms with van der Waals surface area (Å²) in [6, 6.07) is 15.8. The summed E-state index contributed by atoms with van der Waals surface area (Å²) in [4.78, 5) is 33.0. The minimum absolute atomic E-state index is 0.00698. The first-order valence-electron chi connectivity index (χ1n) is 15.3. The van der Waals surface area contributed by atoms with Gasteiger partial charge < -0.3 is 9.84 Å². The molecule has 11 heteroatoms. The number of hydrogen-bond donors (Lipinski definition) is 2. The lowest BCUT2D eigenvalue weighted by Gasteiger charge is -2.32. The zero-order valence-corrected chi connectivity index (χ0v) is 25.3. The molecule has 0 bridgehead atoms. The number of aromatic amines is 1. The van der Waals surface area contributed by atoms with Crippen LogP contribution in [0, 0.1) is 0 Å². The first kappa shape index (κ1) is 29.7. The molecule has 2 aromatic carbocycles. The third-order valence-electron chi connectivity index (χ3n) is 8.26. The lowest BCUT2D eigenvalue weighted by Crippen LogP contribution is -2.36. The van der Waals surface area contributed by atoms with Gasteiger partial charge in [0, 0.05) is 23.6 Å². The number of benzene rings is 2. The zero-order valence-electron chi connectivity index (χ0n) is 25.3. The second-order valence-electron chi connectivity index (χ2n) is 12.2. The van der Waals surface area contributed by atoms with Crippen LogP contribution in [0.15, 0.2) is 69.0 Å². The standard InChI is InChI=1S/C33H38N6O5/c1-4-7-28-27(18-21-10-12-22(13-11-21)25-8-5-6-9-26(25)29-36-32(41)44-37-29)30(40)38(31-34-20-35-39(28)31)23-14-16-24(17-15-23)43-19-33(2,3)42/h5-6,8-13,20,23-24,42H,4,7,14-19H2,1-3H3,(H,36,37,41). The fourth-order valence-electron chi connectivity index (χ4n) is 6.16.